The molecule has 1 aromatic heterocycles. The first-order valence-electron chi connectivity index (χ1n) is 6.54. The van der Waals surface area contributed by atoms with E-state index in [1.807, 2.05) is 13.8 Å². The topological polar surface area (TPSA) is 80.2 Å². The lowest BCUT2D eigenvalue weighted by molar-refractivity contribution is 0.138. The van der Waals surface area contributed by atoms with E-state index in [1.165, 1.54) is 0 Å². The fraction of sp³-hybridized carbons (Fsp3) is 0.750. The zero-order chi connectivity index (χ0) is 13.8. The highest BCUT2D eigenvalue weighted by Gasteiger charge is 2.25. The van der Waals surface area contributed by atoms with E-state index in [1.54, 1.807) is 0 Å². The van der Waals surface area contributed by atoms with Gasteiger partial charge in [0, 0.05) is 12.5 Å². The van der Waals surface area contributed by atoms with E-state index < -0.39 is 0 Å². The van der Waals surface area contributed by atoms with Crippen LogP contribution in [0.25, 0.3) is 0 Å². The number of halogens is 1. The molecule has 0 spiro atoms. The molecule has 6 nitrogen and oxygen atoms in total. The van der Waals surface area contributed by atoms with Crippen LogP contribution in [0.2, 0.25) is 5.28 Å². The third-order valence-electron chi connectivity index (χ3n) is 3.07. The molecule has 0 amide bonds. The minimum Gasteiger partial charge on any atom is -0.461 e. The van der Waals surface area contributed by atoms with Gasteiger partial charge in [-0.1, -0.05) is 6.42 Å². The number of aromatic nitrogens is 3. The third-order valence-corrected chi connectivity index (χ3v) is 3.24. The molecule has 2 N–H and O–H groups in total. The number of nitrogens with one attached hydrogen (secondary N) is 1. The first-order chi connectivity index (χ1) is 9.04. The van der Waals surface area contributed by atoms with Gasteiger partial charge in [-0.15, -0.1) is 0 Å². The first-order valence-corrected chi connectivity index (χ1v) is 6.92. The predicted octanol–water partition coefficient (Wildman–Crippen LogP) is 1.89. The summed E-state index contributed by atoms with van der Waals surface area (Å²) in [5.74, 6) is 0.625. The van der Waals surface area contributed by atoms with Gasteiger partial charge in [0.1, 0.15) is 0 Å². The average molecular weight is 287 g/mol. The van der Waals surface area contributed by atoms with E-state index in [9.17, 15) is 5.11 Å². The lowest BCUT2D eigenvalue weighted by Gasteiger charge is -2.15. The summed E-state index contributed by atoms with van der Waals surface area (Å²) in [5.41, 5.74) is 0. The van der Waals surface area contributed by atoms with Crippen LogP contribution < -0.4 is 10.1 Å². The summed E-state index contributed by atoms with van der Waals surface area (Å²) in [6.07, 6.45) is 2.68. The number of aliphatic hydroxyl groups is 1. The SMILES string of the molecule is CC(C)Oc1nc(Cl)nc(NCC2CCCC2O)n1. The van der Waals surface area contributed by atoms with Crippen molar-refractivity contribution in [2.75, 3.05) is 11.9 Å². The second-order valence-corrected chi connectivity index (χ2v) is 5.35. The molecule has 1 saturated carbocycles. The summed E-state index contributed by atoms with van der Waals surface area (Å²) < 4.78 is 5.39. The van der Waals surface area contributed by atoms with Gasteiger partial charge in [0.25, 0.3) is 0 Å². The van der Waals surface area contributed by atoms with E-state index in [4.69, 9.17) is 16.3 Å². The van der Waals surface area contributed by atoms with E-state index >= 15 is 0 Å². The molecule has 2 rings (SSSR count). The second kappa shape index (κ2) is 6.34. The van der Waals surface area contributed by atoms with Gasteiger partial charge in [0.15, 0.2) is 0 Å². The van der Waals surface area contributed by atoms with Gasteiger partial charge in [-0.25, -0.2) is 0 Å². The van der Waals surface area contributed by atoms with Crippen LogP contribution in [-0.4, -0.2) is 38.8 Å². The Morgan fingerprint density at radius 2 is 2.16 bits per heavy atom. The largest absolute Gasteiger partial charge is 0.461 e. The summed E-state index contributed by atoms with van der Waals surface area (Å²) in [7, 11) is 0. The smallest absolute Gasteiger partial charge is 0.322 e. The molecular formula is C12H19ClN4O2. The van der Waals surface area contributed by atoms with E-state index in [0.717, 1.165) is 19.3 Å². The van der Waals surface area contributed by atoms with Crippen molar-refractivity contribution in [3.63, 3.8) is 0 Å². The lowest BCUT2D eigenvalue weighted by atomic mass is 10.1. The fourth-order valence-electron chi connectivity index (χ4n) is 2.15. The average Bonchev–Trinajstić information content (AvgIpc) is 2.70. The number of hydrogen-bond acceptors (Lipinski definition) is 6. The van der Waals surface area contributed by atoms with Crippen LogP contribution in [0.5, 0.6) is 6.01 Å². The summed E-state index contributed by atoms with van der Waals surface area (Å²) in [6, 6.07) is 0.212. The minimum atomic E-state index is -0.240. The molecular weight excluding hydrogens is 268 g/mol. The van der Waals surface area contributed by atoms with E-state index in [2.05, 4.69) is 20.3 Å². The molecule has 0 radical (unpaired) electrons. The molecule has 106 valence electrons. The maximum atomic E-state index is 9.75. The van der Waals surface area contributed by atoms with Crippen LogP contribution in [0.1, 0.15) is 33.1 Å². The Kier molecular flexibility index (Phi) is 4.76. The lowest BCUT2D eigenvalue weighted by Crippen LogP contribution is -2.23. The molecule has 19 heavy (non-hydrogen) atoms. The van der Waals surface area contributed by atoms with E-state index in [-0.39, 0.29) is 29.4 Å². The number of hydrogen-bond donors (Lipinski definition) is 2. The van der Waals surface area contributed by atoms with Crippen molar-refractivity contribution in [3.05, 3.63) is 5.28 Å². The van der Waals surface area contributed by atoms with Gasteiger partial charge in [0.05, 0.1) is 12.2 Å². The van der Waals surface area contributed by atoms with Crippen LogP contribution in [0.3, 0.4) is 0 Å². The van der Waals surface area contributed by atoms with Crippen LogP contribution in [0, 0.1) is 5.92 Å². The highest BCUT2D eigenvalue weighted by molar-refractivity contribution is 6.28. The summed E-state index contributed by atoms with van der Waals surface area (Å²) in [4.78, 5) is 12.0. The fourth-order valence-corrected chi connectivity index (χ4v) is 2.30. The Bertz CT molecular complexity index is 430. The third kappa shape index (κ3) is 4.18. The van der Waals surface area contributed by atoms with Crippen molar-refractivity contribution >= 4 is 17.5 Å². The van der Waals surface area contributed by atoms with Crippen LogP contribution in [0.4, 0.5) is 5.95 Å². The second-order valence-electron chi connectivity index (χ2n) is 5.02. The molecule has 1 aliphatic carbocycles. The van der Waals surface area contributed by atoms with Crippen molar-refractivity contribution in [1.82, 2.24) is 15.0 Å². The monoisotopic (exact) mass is 286 g/mol. The summed E-state index contributed by atoms with van der Waals surface area (Å²) >= 11 is 5.83. The van der Waals surface area contributed by atoms with Gasteiger partial charge in [-0.05, 0) is 38.3 Å². The van der Waals surface area contributed by atoms with Crippen LogP contribution >= 0.6 is 11.6 Å². The molecule has 7 heteroatoms. The van der Waals surface area contributed by atoms with Gasteiger partial charge in [-0.3, -0.25) is 0 Å². The number of nitrogens with zero attached hydrogens (tertiary/aromatic N) is 3. The standard InChI is InChI=1S/C12H19ClN4O2/c1-7(2)19-12-16-10(13)15-11(17-12)14-6-8-4-3-5-9(8)18/h7-9,18H,3-6H2,1-2H3,(H,14,15,16,17). The Morgan fingerprint density at radius 3 is 2.79 bits per heavy atom. The molecule has 2 atom stereocenters. The van der Waals surface area contributed by atoms with Gasteiger partial charge in [-0.2, -0.15) is 15.0 Å². The molecule has 2 unspecified atom stereocenters. The zero-order valence-corrected chi connectivity index (χ0v) is 11.9. The number of anilines is 1. The van der Waals surface area contributed by atoms with Gasteiger partial charge >= 0.3 is 6.01 Å². The number of aliphatic hydroxyl groups excluding tert-OH is 1. The molecule has 0 bridgehead atoms. The van der Waals surface area contributed by atoms with Crippen molar-refractivity contribution in [3.8, 4) is 6.01 Å². The van der Waals surface area contributed by atoms with E-state index in [0.29, 0.717) is 12.5 Å². The summed E-state index contributed by atoms with van der Waals surface area (Å²) in [6.45, 7) is 4.40. The van der Waals surface area contributed by atoms with Gasteiger partial charge < -0.3 is 15.2 Å². The van der Waals surface area contributed by atoms with Crippen molar-refractivity contribution in [2.45, 2.75) is 45.3 Å². The Hall–Kier alpha value is -1.14. The minimum absolute atomic E-state index is 0.0250. The Labute approximate surface area is 117 Å². The highest BCUT2D eigenvalue weighted by atomic mass is 35.5. The highest BCUT2D eigenvalue weighted by Crippen LogP contribution is 2.25. The maximum absolute atomic E-state index is 9.75. The maximum Gasteiger partial charge on any atom is 0.322 e. The van der Waals surface area contributed by atoms with Crippen molar-refractivity contribution < 1.29 is 9.84 Å². The molecule has 0 saturated heterocycles. The number of ether oxygens (including phenoxy) is 1. The van der Waals surface area contributed by atoms with Crippen LogP contribution in [-0.2, 0) is 0 Å². The Balaban J connectivity index is 1.97. The number of rotatable bonds is 5. The van der Waals surface area contributed by atoms with Crippen molar-refractivity contribution in [2.24, 2.45) is 5.92 Å². The van der Waals surface area contributed by atoms with Crippen molar-refractivity contribution in [1.29, 1.82) is 0 Å². The molecule has 1 fully saturated rings. The summed E-state index contributed by atoms with van der Waals surface area (Å²) in [5, 5.41) is 12.9. The zero-order valence-electron chi connectivity index (χ0n) is 11.1. The molecule has 1 aliphatic rings. The molecule has 0 aromatic carbocycles. The normalized spacial score (nSPS) is 22.8. The quantitative estimate of drug-likeness (QED) is 0.860. The molecule has 1 aromatic rings. The molecule has 1 heterocycles. The van der Waals surface area contributed by atoms with Gasteiger partial charge in [0.2, 0.25) is 11.2 Å². The predicted molar refractivity (Wildman–Crippen MR) is 72.4 cm³/mol. The van der Waals surface area contributed by atoms with Crippen LogP contribution in [0.15, 0.2) is 0 Å². The Morgan fingerprint density at radius 1 is 1.37 bits per heavy atom. The first kappa shape index (κ1) is 14.3. The molecule has 0 aliphatic heterocycles.